The van der Waals surface area contributed by atoms with E-state index in [4.69, 9.17) is 22.3 Å². The fourth-order valence-corrected chi connectivity index (χ4v) is 4.08. The van der Waals surface area contributed by atoms with Crippen LogP contribution in [0.3, 0.4) is 0 Å². The minimum atomic E-state index is -0.176. The van der Waals surface area contributed by atoms with Gasteiger partial charge in [0.1, 0.15) is 5.69 Å². The third-order valence-electron chi connectivity index (χ3n) is 5.38. The molecule has 7 heteroatoms. The molecular weight excluding hydrogens is 374 g/mol. The van der Waals surface area contributed by atoms with Gasteiger partial charge in [0.15, 0.2) is 5.82 Å². The highest BCUT2D eigenvalue weighted by Crippen LogP contribution is 2.23. The van der Waals surface area contributed by atoms with Crippen LogP contribution in [0.4, 0.5) is 0 Å². The Morgan fingerprint density at radius 3 is 3.00 bits per heavy atom. The average Bonchev–Trinajstić information content (AvgIpc) is 3.16. The number of fused-ring (bicyclic) bond motifs is 1. The molecule has 1 aromatic carbocycles. The summed E-state index contributed by atoms with van der Waals surface area (Å²) >= 11 is 6.06. The Balaban J connectivity index is 1.42. The van der Waals surface area contributed by atoms with Gasteiger partial charge in [-0.25, -0.2) is 9.97 Å². The number of likely N-dealkylation sites (tertiary alicyclic amines) is 1. The Morgan fingerprint density at radius 2 is 2.14 bits per heavy atom. The van der Waals surface area contributed by atoms with E-state index in [0.717, 1.165) is 67.9 Å². The topological polar surface area (TPSA) is 77.0 Å². The Morgan fingerprint density at radius 1 is 1.25 bits per heavy atom. The van der Waals surface area contributed by atoms with Gasteiger partial charge in [0.05, 0.1) is 11.4 Å². The predicted molar refractivity (Wildman–Crippen MR) is 111 cm³/mol. The van der Waals surface area contributed by atoms with Crippen LogP contribution >= 0.6 is 11.6 Å². The van der Waals surface area contributed by atoms with Crippen LogP contribution in [0.2, 0.25) is 5.02 Å². The van der Waals surface area contributed by atoms with Crippen molar-refractivity contribution in [3.63, 3.8) is 0 Å². The maximum Gasteiger partial charge on any atom is 0.221 e. The van der Waals surface area contributed by atoms with Gasteiger partial charge >= 0.3 is 0 Å². The molecule has 0 spiro atoms. The summed E-state index contributed by atoms with van der Waals surface area (Å²) in [5, 5.41) is 1.73. The number of carbonyl (C=O) groups excluding carboxylic acids is 1. The molecule has 2 N–H and O–H groups in total. The number of hydrogen-bond acceptors (Lipinski definition) is 4. The summed E-state index contributed by atoms with van der Waals surface area (Å²) in [6, 6.07) is 9.71. The number of halogens is 1. The first-order valence-electron chi connectivity index (χ1n) is 9.69. The second-order valence-electron chi connectivity index (χ2n) is 7.37. The number of pyridine rings is 1. The molecule has 2 aromatic heterocycles. The second kappa shape index (κ2) is 8.29. The molecule has 3 aromatic rings. The Hall–Kier alpha value is -2.44. The number of hydrogen-bond donors (Lipinski definition) is 1. The fraction of sp³-hybridized carbons (Fsp3) is 0.381. The van der Waals surface area contributed by atoms with Crippen LogP contribution in [0.1, 0.15) is 19.3 Å². The molecule has 1 saturated heterocycles. The molecule has 4 rings (SSSR count). The number of benzene rings is 1. The Labute approximate surface area is 169 Å². The van der Waals surface area contributed by atoms with Gasteiger partial charge in [0.25, 0.3) is 0 Å². The van der Waals surface area contributed by atoms with Crippen LogP contribution in [0, 0.1) is 5.92 Å². The molecule has 1 aliphatic heterocycles. The van der Waals surface area contributed by atoms with E-state index in [1.54, 1.807) is 0 Å². The van der Waals surface area contributed by atoms with Gasteiger partial charge in [0, 0.05) is 35.9 Å². The first-order chi connectivity index (χ1) is 13.6. The summed E-state index contributed by atoms with van der Waals surface area (Å²) < 4.78 is 2.14. The van der Waals surface area contributed by atoms with Crippen molar-refractivity contribution in [3.8, 4) is 11.5 Å². The summed E-state index contributed by atoms with van der Waals surface area (Å²) in [6.45, 7) is 3.62. The van der Waals surface area contributed by atoms with Crippen molar-refractivity contribution in [1.82, 2.24) is 19.4 Å². The summed E-state index contributed by atoms with van der Waals surface area (Å²) in [5.41, 5.74) is 7.23. The monoisotopic (exact) mass is 397 g/mol. The summed E-state index contributed by atoms with van der Waals surface area (Å²) in [7, 11) is 0. The highest BCUT2D eigenvalue weighted by molar-refractivity contribution is 6.31. The quantitative estimate of drug-likeness (QED) is 0.692. The molecule has 28 heavy (non-hydrogen) atoms. The van der Waals surface area contributed by atoms with Gasteiger partial charge in [-0.2, -0.15) is 0 Å². The molecule has 1 amide bonds. The minimum absolute atomic E-state index is 0.00661. The summed E-state index contributed by atoms with van der Waals surface area (Å²) in [6.07, 6.45) is 6.74. The first kappa shape index (κ1) is 18.9. The number of imidazole rings is 1. The molecule has 0 aliphatic carbocycles. The van der Waals surface area contributed by atoms with Crippen molar-refractivity contribution in [1.29, 1.82) is 0 Å². The van der Waals surface area contributed by atoms with Crippen LogP contribution < -0.4 is 5.73 Å². The number of aromatic nitrogens is 3. The molecule has 1 atom stereocenters. The molecule has 0 saturated carbocycles. The number of nitrogens with two attached hydrogens (primary N) is 1. The zero-order valence-electron chi connectivity index (χ0n) is 15.7. The van der Waals surface area contributed by atoms with E-state index in [1.807, 2.05) is 42.7 Å². The largest absolute Gasteiger partial charge is 0.369 e. The number of carbonyl (C=O) groups is 1. The number of primary amides is 1. The van der Waals surface area contributed by atoms with E-state index < -0.39 is 0 Å². The van der Waals surface area contributed by atoms with Gasteiger partial charge in [-0.05, 0) is 56.6 Å². The normalized spacial score (nSPS) is 17.8. The van der Waals surface area contributed by atoms with Crippen LogP contribution in [0.25, 0.3) is 22.4 Å². The van der Waals surface area contributed by atoms with E-state index in [9.17, 15) is 4.79 Å². The second-order valence-corrected chi connectivity index (χ2v) is 7.81. The Kier molecular flexibility index (Phi) is 5.59. The predicted octanol–water partition coefficient (Wildman–Crippen LogP) is 3.34. The SMILES string of the molecule is NC(=O)C1CCCN(CCCn2ccnc2-c2ccc3cc(Cl)ccc3n2)C1. The molecule has 1 fully saturated rings. The van der Waals surface area contributed by atoms with E-state index in [1.165, 1.54) is 0 Å². The summed E-state index contributed by atoms with van der Waals surface area (Å²) in [4.78, 5) is 23.0. The van der Waals surface area contributed by atoms with Crippen LogP contribution in [0.5, 0.6) is 0 Å². The average molecular weight is 398 g/mol. The molecule has 0 radical (unpaired) electrons. The number of aryl methyl sites for hydroxylation is 1. The fourth-order valence-electron chi connectivity index (χ4n) is 3.90. The Bertz CT molecular complexity index is 986. The maximum atomic E-state index is 11.4. The van der Waals surface area contributed by atoms with Crippen LogP contribution in [-0.2, 0) is 11.3 Å². The van der Waals surface area contributed by atoms with E-state index in [0.29, 0.717) is 5.02 Å². The highest BCUT2D eigenvalue weighted by atomic mass is 35.5. The van der Waals surface area contributed by atoms with Crippen molar-refractivity contribution in [2.45, 2.75) is 25.8 Å². The molecule has 3 heterocycles. The molecule has 0 bridgehead atoms. The van der Waals surface area contributed by atoms with E-state index in [-0.39, 0.29) is 11.8 Å². The zero-order chi connectivity index (χ0) is 19.5. The lowest BCUT2D eigenvalue weighted by molar-refractivity contribution is -0.123. The van der Waals surface area contributed by atoms with Crippen molar-refractivity contribution >= 4 is 28.4 Å². The summed E-state index contributed by atoms with van der Waals surface area (Å²) in [5.74, 6) is 0.684. The van der Waals surface area contributed by atoms with E-state index >= 15 is 0 Å². The van der Waals surface area contributed by atoms with E-state index in [2.05, 4.69) is 14.5 Å². The molecule has 6 nitrogen and oxygen atoms in total. The number of nitrogens with zero attached hydrogens (tertiary/aromatic N) is 4. The van der Waals surface area contributed by atoms with Gasteiger partial charge in [-0.3, -0.25) is 4.79 Å². The lowest BCUT2D eigenvalue weighted by Crippen LogP contribution is -2.41. The van der Waals surface area contributed by atoms with Gasteiger partial charge < -0.3 is 15.2 Å². The first-order valence-corrected chi connectivity index (χ1v) is 10.1. The van der Waals surface area contributed by atoms with Crippen molar-refractivity contribution < 1.29 is 4.79 Å². The van der Waals surface area contributed by atoms with Gasteiger partial charge in [0.2, 0.25) is 5.91 Å². The lowest BCUT2D eigenvalue weighted by Gasteiger charge is -2.31. The zero-order valence-corrected chi connectivity index (χ0v) is 16.5. The number of amides is 1. The van der Waals surface area contributed by atoms with Crippen molar-refractivity contribution in [2.75, 3.05) is 19.6 Å². The third-order valence-corrected chi connectivity index (χ3v) is 5.61. The highest BCUT2D eigenvalue weighted by Gasteiger charge is 2.23. The molecule has 146 valence electrons. The molecule has 1 unspecified atom stereocenters. The van der Waals surface area contributed by atoms with Crippen LogP contribution in [-0.4, -0.2) is 45.0 Å². The number of rotatable bonds is 6. The molecule has 1 aliphatic rings. The number of piperidine rings is 1. The van der Waals surface area contributed by atoms with Crippen molar-refractivity contribution in [3.05, 3.63) is 47.7 Å². The smallest absolute Gasteiger partial charge is 0.221 e. The third kappa shape index (κ3) is 4.18. The molecular formula is C21H24ClN5O. The van der Waals surface area contributed by atoms with Gasteiger partial charge in [-0.15, -0.1) is 0 Å². The van der Waals surface area contributed by atoms with Gasteiger partial charge in [-0.1, -0.05) is 17.7 Å². The van der Waals surface area contributed by atoms with Crippen LogP contribution in [0.15, 0.2) is 42.7 Å². The van der Waals surface area contributed by atoms with Crippen molar-refractivity contribution in [2.24, 2.45) is 11.7 Å². The minimum Gasteiger partial charge on any atom is -0.369 e. The maximum absolute atomic E-state index is 11.4. The lowest BCUT2D eigenvalue weighted by atomic mass is 9.97. The standard InChI is InChI=1S/C21H24ClN5O/c22-17-5-7-18-15(13-17)4-6-19(25-18)21-24-8-12-27(21)11-2-10-26-9-1-3-16(14-26)20(23)28/h4-8,12-13,16H,1-3,9-11,14H2,(H2,23,28).